The first kappa shape index (κ1) is 16.3. The van der Waals surface area contributed by atoms with E-state index in [1.54, 1.807) is 12.0 Å². The summed E-state index contributed by atoms with van der Waals surface area (Å²) in [4.78, 5) is 25.9. The lowest BCUT2D eigenvalue weighted by atomic mass is 10.1. The Morgan fingerprint density at radius 1 is 1.36 bits per heavy atom. The Hall–Kier alpha value is -2.08. The SMILES string of the molecule is COCCNC(=O)N[C@H]1CCN(c2ccc(C)c(C)c2)C1=O. The highest BCUT2D eigenvalue weighted by Gasteiger charge is 2.33. The molecule has 6 nitrogen and oxygen atoms in total. The van der Waals surface area contributed by atoms with Gasteiger partial charge in [-0.15, -0.1) is 0 Å². The molecular formula is C16H23N3O3. The number of anilines is 1. The van der Waals surface area contributed by atoms with E-state index in [0.717, 1.165) is 11.3 Å². The number of carbonyl (C=O) groups is 2. The third-order valence-electron chi connectivity index (χ3n) is 3.90. The van der Waals surface area contributed by atoms with Crippen molar-refractivity contribution in [2.24, 2.45) is 0 Å². The summed E-state index contributed by atoms with van der Waals surface area (Å²) in [6.45, 7) is 5.55. The van der Waals surface area contributed by atoms with Gasteiger partial charge in [-0.2, -0.15) is 0 Å². The van der Waals surface area contributed by atoms with Crippen molar-refractivity contribution in [2.45, 2.75) is 26.3 Å². The quantitative estimate of drug-likeness (QED) is 0.807. The Morgan fingerprint density at radius 3 is 2.82 bits per heavy atom. The maximum Gasteiger partial charge on any atom is 0.315 e. The summed E-state index contributed by atoms with van der Waals surface area (Å²) >= 11 is 0. The van der Waals surface area contributed by atoms with Gasteiger partial charge in [0.2, 0.25) is 5.91 Å². The van der Waals surface area contributed by atoms with Crippen LogP contribution in [0, 0.1) is 13.8 Å². The van der Waals surface area contributed by atoms with E-state index < -0.39 is 6.04 Å². The first-order chi connectivity index (χ1) is 10.5. The Kier molecular flexibility index (Phi) is 5.38. The van der Waals surface area contributed by atoms with E-state index in [1.807, 2.05) is 32.0 Å². The van der Waals surface area contributed by atoms with Crippen LogP contribution in [-0.2, 0) is 9.53 Å². The van der Waals surface area contributed by atoms with Crippen LogP contribution in [0.1, 0.15) is 17.5 Å². The molecule has 0 saturated carbocycles. The normalized spacial score (nSPS) is 17.7. The molecular weight excluding hydrogens is 282 g/mol. The fourth-order valence-corrected chi connectivity index (χ4v) is 2.44. The van der Waals surface area contributed by atoms with Crippen LogP contribution < -0.4 is 15.5 Å². The van der Waals surface area contributed by atoms with Gasteiger partial charge in [0, 0.05) is 25.9 Å². The molecule has 1 saturated heterocycles. The molecule has 0 aromatic heterocycles. The van der Waals surface area contributed by atoms with Gasteiger partial charge in [0.1, 0.15) is 6.04 Å². The number of amides is 3. The molecule has 0 spiro atoms. The molecule has 0 aliphatic carbocycles. The molecule has 120 valence electrons. The van der Waals surface area contributed by atoms with Gasteiger partial charge < -0.3 is 20.3 Å². The lowest BCUT2D eigenvalue weighted by Gasteiger charge is -2.18. The van der Waals surface area contributed by atoms with E-state index in [4.69, 9.17) is 4.74 Å². The van der Waals surface area contributed by atoms with Gasteiger partial charge in [0.05, 0.1) is 6.61 Å². The summed E-state index contributed by atoms with van der Waals surface area (Å²) in [5, 5.41) is 5.37. The number of ether oxygens (including phenoxy) is 1. The third kappa shape index (κ3) is 3.76. The highest BCUT2D eigenvalue weighted by Crippen LogP contribution is 2.24. The maximum absolute atomic E-state index is 12.4. The van der Waals surface area contributed by atoms with E-state index in [-0.39, 0.29) is 11.9 Å². The van der Waals surface area contributed by atoms with Crippen molar-refractivity contribution in [1.29, 1.82) is 0 Å². The minimum absolute atomic E-state index is 0.0647. The molecule has 3 amide bonds. The molecule has 1 aliphatic rings. The average Bonchev–Trinajstić information content (AvgIpc) is 2.84. The molecule has 0 bridgehead atoms. The molecule has 2 rings (SSSR count). The van der Waals surface area contributed by atoms with Crippen LogP contribution in [0.3, 0.4) is 0 Å². The number of benzene rings is 1. The predicted molar refractivity (Wildman–Crippen MR) is 85.1 cm³/mol. The Balaban J connectivity index is 1.94. The molecule has 2 N–H and O–H groups in total. The molecule has 1 aromatic carbocycles. The van der Waals surface area contributed by atoms with Gasteiger partial charge in [0.25, 0.3) is 0 Å². The van der Waals surface area contributed by atoms with Crippen molar-refractivity contribution in [3.8, 4) is 0 Å². The van der Waals surface area contributed by atoms with Gasteiger partial charge in [-0.1, -0.05) is 6.07 Å². The van der Waals surface area contributed by atoms with Crippen molar-refractivity contribution in [3.63, 3.8) is 0 Å². The van der Waals surface area contributed by atoms with Gasteiger partial charge in [-0.25, -0.2) is 4.79 Å². The standard InChI is InChI=1S/C16H23N3O3/c1-11-4-5-13(10-12(11)2)19-8-6-14(15(19)20)18-16(21)17-7-9-22-3/h4-5,10,14H,6-9H2,1-3H3,(H2,17,18,21)/t14-/m0/s1. The highest BCUT2D eigenvalue weighted by atomic mass is 16.5. The van der Waals surface area contributed by atoms with Gasteiger partial charge >= 0.3 is 6.03 Å². The monoisotopic (exact) mass is 305 g/mol. The van der Waals surface area contributed by atoms with Crippen molar-refractivity contribution in [1.82, 2.24) is 10.6 Å². The molecule has 0 unspecified atom stereocenters. The van der Waals surface area contributed by atoms with Crippen LogP contribution in [0.5, 0.6) is 0 Å². The van der Waals surface area contributed by atoms with Crippen LogP contribution >= 0.6 is 0 Å². The number of carbonyl (C=O) groups excluding carboxylic acids is 2. The molecule has 22 heavy (non-hydrogen) atoms. The zero-order valence-corrected chi connectivity index (χ0v) is 13.3. The van der Waals surface area contributed by atoms with E-state index in [2.05, 4.69) is 10.6 Å². The Morgan fingerprint density at radius 2 is 2.14 bits per heavy atom. The molecule has 0 radical (unpaired) electrons. The summed E-state index contributed by atoms with van der Waals surface area (Å²) in [5.41, 5.74) is 3.24. The van der Waals surface area contributed by atoms with E-state index in [9.17, 15) is 9.59 Å². The van der Waals surface area contributed by atoms with Crippen LogP contribution in [0.4, 0.5) is 10.5 Å². The van der Waals surface area contributed by atoms with Crippen molar-refractivity contribution < 1.29 is 14.3 Å². The van der Waals surface area contributed by atoms with Crippen LogP contribution in [0.15, 0.2) is 18.2 Å². The number of rotatable bonds is 5. The molecule has 1 fully saturated rings. The van der Waals surface area contributed by atoms with Crippen LogP contribution in [0.2, 0.25) is 0 Å². The topological polar surface area (TPSA) is 70.7 Å². The summed E-state index contributed by atoms with van der Waals surface area (Å²) in [6.07, 6.45) is 0.615. The summed E-state index contributed by atoms with van der Waals surface area (Å²) < 4.78 is 4.86. The summed E-state index contributed by atoms with van der Waals surface area (Å²) in [6, 6.07) is 5.16. The Bertz CT molecular complexity index is 560. The van der Waals surface area contributed by atoms with Gasteiger partial charge in [-0.3, -0.25) is 4.79 Å². The number of methoxy groups -OCH3 is 1. The smallest absolute Gasteiger partial charge is 0.315 e. The molecule has 1 atom stereocenters. The van der Waals surface area contributed by atoms with Crippen molar-refractivity contribution in [3.05, 3.63) is 29.3 Å². The minimum atomic E-state index is -0.468. The number of urea groups is 1. The lowest BCUT2D eigenvalue weighted by Crippen LogP contribution is -2.46. The second-order valence-corrected chi connectivity index (χ2v) is 5.49. The van der Waals surface area contributed by atoms with Crippen molar-refractivity contribution >= 4 is 17.6 Å². The molecule has 1 heterocycles. The third-order valence-corrected chi connectivity index (χ3v) is 3.90. The number of hydrogen-bond donors (Lipinski definition) is 2. The molecule has 6 heteroatoms. The fourth-order valence-electron chi connectivity index (χ4n) is 2.44. The van der Waals surface area contributed by atoms with Gasteiger partial charge in [0.15, 0.2) is 0 Å². The summed E-state index contributed by atoms with van der Waals surface area (Å²) in [7, 11) is 1.57. The average molecular weight is 305 g/mol. The number of nitrogens with zero attached hydrogens (tertiary/aromatic N) is 1. The summed E-state index contributed by atoms with van der Waals surface area (Å²) in [5.74, 6) is -0.0647. The minimum Gasteiger partial charge on any atom is -0.383 e. The van der Waals surface area contributed by atoms with E-state index >= 15 is 0 Å². The fraction of sp³-hybridized carbons (Fsp3) is 0.500. The number of nitrogens with one attached hydrogen (secondary N) is 2. The molecule has 1 aromatic rings. The van der Waals surface area contributed by atoms with E-state index in [0.29, 0.717) is 26.1 Å². The largest absolute Gasteiger partial charge is 0.383 e. The van der Waals surface area contributed by atoms with E-state index in [1.165, 1.54) is 5.56 Å². The predicted octanol–water partition coefficient (Wildman–Crippen LogP) is 1.35. The van der Waals surface area contributed by atoms with Crippen molar-refractivity contribution in [2.75, 3.05) is 31.7 Å². The highest BCUT2D eigenvalue weighted by molar-refractivity contribution is 6.01. The van der Waals surface area contributed by atoms with Crippen LogP contribution in [0.25, 0.3) is 0 Å². The Labute approximate surface area is 130 Å². The first-order valence-electron chi connectivity index (χ1n) is 7.45. The first-order valence-corrected chi connectivity index (χ1v) is 7.45. The second-order valence-electron chi connectivity index (χ2n) is 5.49. The number of hydrogen-bond acceptors (Lipinski definition) is 3. The molecule has 1 aliphatic heterocycles. The lowest BCUT2D eigenvalue weighted by molar-refractivity contribution is -0.118. The second kappa shape index (κ2) is 7.26. The van der Waals surface area contributed by atoms with Crippen LogP contribution in [-0.4, -0.2) is 44.8 Å². The zero-order chi connectivity index (χ0) is 16.1. The van der Waals surface area contributed by atoms with Gasteiger partial charge in [-0.05, 0) is 43.5 Å². The maximum atomic E-state index is 12.4. The number of aryl methyl sites for hydroxylation is 2. The zero-order valence-electron chi connectivity index (χ0n) is 13.3.